The van der Waals surface area contributed by atoms with E-state index in [4.69, 9.17) is 0 Å². The van der Waals surface area contributed by atoms with Crippen molar-refractivity contribution in [1.29, 1.82) is 0 Å². The highest BCUT2D eigenvalue weighted by molar-refractivity contribution is 7.99. The average molecular weight is 281 g/mol. The van der Waals surface area contributed by atoms with Gasteiger partial charge in [-0.2, -0.15) is 0 Å². The van der Waals surface area contributed by atoms with E-state index in [1.807, 2.05) is 11.8 Å². The molecule has 0 bridgehead atoms. The molecule has 1 nitrogen and oxygen atoms in total. The van der Waals surface area contributed by atoms with Crippen LogP contribution in [0.25, 0.3) is 0 Å². The van der Waals surface area contributed by atoms with E-state index < -0.39 is 0 Å². The molecule has 4 rings (SSSR count). The maximum absolute atomic E-state index is 2.48. The summed E-state index contributed by atoms with van der Waals surface area (Å²) in [6, 6.07) is 18.0. The molecule has 20 heavy (non-hydrogen) atoms. The van der Waals surface area contributed by atoms with Crippen molar-refractivity contribution >= 4 is 11.8 Å². The Labute approximate surface area is 125 Å². The highest BCUT2D eigenvalue weighted by atomic mass is 32.2. The van der Waals surface area contributed by atoms with Crippen LogP contribution in [0.1, 0.15) is 29.4 Å². The molecule has 2 aliphatic heterocycles. The van der Waals surface area contributed by atoms with E-state index in [1.165, 1.54) is 29.3 Å². The molecule has 0 spiro atoms. The molecule has 0 radical (unpaired) electrons. The van der Waals surface area contributed by atoms with Gasteiger partial charge >= 0.3 is 0 Å². The minimum atomic E-state index is 0.640. The highest BCUT2D eigenvalue weighted by Crippen LogP contribution is 2.50. The van der Waals surface area contributed by atoms with Crippen molar-refractivity contribution in [2.75, 3.05) is 20.1 Å². The summed E-state index contributed by atoms with van der Waals surface area (Å²) >= 11 is 1.95. The fourth-order valence-corrected chi connectivity index (χ4v) is 4.89. The van der Waals surface area contributed by atoms with E-state index in [9.17, 15) is 0 Å². The first-order valence-electron chi connectivity index (χ1n) is 7.37. The van der Waals surface area contributed by atoms with Crippen molar-refractivity contribution in [2.45, 2.75) is 28.0 Å². The largest absolute Gasteiger partial charge is 0.306 e. The summed E-state index contributed by atoms with van der Waals surface area (Å²) in [5.74, 6) is 1.32. The second-order valence-corrected chi connectivity index (χ2v) is 7.03. The van der Waals surface area contributed by atoms with Crippen LogP contribution in [-0.4, -0.2) is 25.0 Å². The van der Waals surface area contributed by atoms with Gasteiger partial charge < -0.3 is 4.90 Å². The van der Waals surface area contributed by atoms with Gasteiger partial charge in [0.1, 0.15) is 0 Å². The fourth-order valence-electron chi connectivity index (χ4n) is 3.68. The first kappa shape index (κ1) is 12.5. The normalized spacial score (nSPS) is 25.2. The molecule has 102 valence electrons. The van der Waals surface area contributed by atoms with E-state index in [1.54, 1.807) is 11.1 Å². The Hall–Kier alpha value is -1.25. The molecule has 0 N–H and O–H groups in total. The Morgan fingerprint density at radius 1 is 0.900 bits per heavy atom. The molecule has 1 fully saturated rings. The molecule has 2 aromatic rings. The lowest BCUT2D eigenvalue weighted by Gasteiger charge is -2.37. The zero-order chi connectivity index (χ0) is 13.5. The summed E-state index contributed by atoms with van der Waals surface area (Å²) in [6.45, 7) is 2.39. The zero-order valence-electron chi connectivity index (χ0n) is 11.8. The van der Waals surface area contributed by atoms with Crippen molar-refractivity contribution in [3.63, 3.8) is 0 Å². The number of rotatable bonds is 0. The molecular weight excluding hydrogens is 262 g/mol. The number of hydrogen-bond donors (Lipinski definition) is 0. The lowest BCUT2D eigenvalue weighted by atomic mass is 9.77. The molecule has 0 aliphatic carbocycles. The van der Waals surface area contributed by atoms with Gasteiger partial charge in [0.25, 0.3) is 0 Å². The minimum Gasteiger partial charge on any atom is -0.306 e. The van der Waals surface area contributed by atoms with Gasteiger partial charge in [-0.3, -0.25) is 0 Å². The number of likely N-dealkylation sites (N-methyl/N-ethyl adjacent to an activating group) is 1. The summed E-state index contributed by atoms with van der Waals surface area (Å²) in [5.41, 5.74) is 3.11. The Balaban J connectivity index is 1.90. The smallest absolute Gasteiger partial charge is 0.0158 e. The molecular formula is C18H19NS. The van der Waals surface area contributed by atoms with Crippen LogP contribution in [0, 0.1) is 0 Å². The second kappa shape index (κ2) is 4.94. The van der Waals surface area contributed by atoms with E-state index >= 15 is 0 Å². The third-order valence-electron chi connectivity index (χ3n) is 4.67. The summed E-state index contributed by atoms with van der Waals surface area (Å²) in [6.07, 6.45) is 1.27. The molecule has 2 atom stereocenters. The van der Waals surface area contributed by atoms with Crippen LogP contribution in [0.2, 0.25) is 0 Å². The molecule has 2 aliphatic rings. The third-order valence-corrected chi connectivity index (χ3v) is 5.86. The lowest BCUT2D eigenvalue weighted by molar-refractivity contribution is 0.225. The molecule has 0 saturated carbocycles. The summed E-state index contributed by atoms with van der Waals surface area (Å²) < 4.78 is 0. The van der Waals surface area contributed by atoms with Crippen LogP contribution in [0.15, 0.2) is 58.3 Å². The first-order valence-corrected chi connectivity index (χ1v) is 8.19. The van der Waals surface area contributed by atoms with Gasteiger partial charge in [-0.15, -0.1) is 0 Å². The van der Waals surface area contributed by atoms with Crippen molar-refractivity contribution in [3.05, 3.63) is 59.7 Å². The van der Waals surface area contributed by atoms with Crippen LogP contribution in [0.3, 0.4) is 0 Å². The van der Waals surface area contributed by atoms with E-state index in [-0.39, 0.29) is 0 Å². The summed E-state index contributed by atoms with van der Waals surface area (Å²) in [5, 5.41) is 0. The Bertz CT molecular complexity index is 637. The highest BCUT2D eigenvalue weighted by Gasteiger charge is 2.34. The number of piperidine rings is 1. The number of likely N-dealkylation sites (tertiary alicyclic amines) is 1. The molecule has 1 saturated heterocycles. The van der Waals surface area contributed by atoms with E-state index in [2.05, 4.69) is 60.5 Å². The molecule has 0 aromatic heterocycles. The maximum atomic E-state index is 2.48. The van der Waals surface area contributed by atoms with Crippen LogP contribution >= 0.6 is 11.8 Å². The standard InChI is InChI=1S/C18H19NS/c1-19-11-10-13-14-6-2-4-8-17(14)20-18-9-5-3-7-15(18)16(13)12-19/h2-9,13,16H,10-12H2,1H3/t13-,16-/m0/s1. The lowest BCUT2D eigenvalue weighted by Crippen LogP contribution is -2.35. The topological polar surface area (TPSA) is 3.24 Å². The van der Waals surface area contributed by atoms with Crippen molar-refractivity contribution in [3.8, 4) is 0 Å². The number of nitrogens with zero attached hydrogens (tertiary/aromatic N) is 1. The first-order chi connectivity index (χ1) is 9.83. The number of fused-ring (bicyclic) bond motifs is 5. The summed E-state index contributed by atoms with van der Waals surface area (Å²) in [4.78, 5) is 5.39. The monoisotopic (exact) mass is 281 g/mol. The third kappa shape index (κ3) is 1.99. The van der Waals surface area contributed by atoms with E-state index in [0.717, 1.165) is 0 Å². The van der Waals surface area contributed by atoms with Gasteiger partial charge in [0.05, 0.1) is 0 Å². The molecule has 2 aromatic carbocycles. The van der Waals surface area contributed by atoms with Gasteiger partial charge in [0.15, 0.2) is 0 Å². The molecule has 2 heteroatoms. The Kier molecular flexibility index (Phi) is 3.08. The molecule has 2 heterocycles. The van der Waals surface area contributed by atoms with Crippen molar-refractivity contribution in [2.24, 2.45) is 0 Å². The van der Waals surface area contributed by atoms with Crippen molar-refractivity contribution < 1.29 is 0 Å². The van der Waals surface area contributed by atoms with Crippen LogP contribution in [0.4, 0.5) is 0 Å². The van der Waals surface area contributed by atoms with Crippen LogP contribution < -0.4 is 0 Å². The quantitative estimate of drug-likeness (QED) is 0.706. The average Bonchev–Trinajstić information content (AvgIpc) is 2.61. The number of benzene rings is 2. The van der Waals surface area contributed by atoms with Gasteiger partial charge in [0, 0.05) is 22.3 Å². The SMILES string of the molecule is CN1CC[C@H]2c3ccccc3Sc3ccccc3[C@H]2C1. The minimum absolute atomic E-state index is 0.640. The van der Waals surface area contributed by atoms with E-state index in [0.29, 0.717) is 11.8 Å². The van der Waals surface area contributed by atoms with Gasteiger partial charge in [-0.05, 0) is 49.2 Å². The molecule has 0 amide bonds. The maximum Gasteiger partial charge on any atom is 0.0158 e. The van der Waals surface area contributed by atoms with Gasteiger partial charge in [-0.25, -0.2) is 0 Å². The van der Waals surface area contributed by atoms with Crippen LogP contribution in [-0.2, 0) is 0 Å². The van der Waals surface area contributed by atoms with Crippen LogP contribution in [0.5, 0.6) is 0 Å². The van der Waals surface area contributed by atoms with Crippen molar-refractivity contribution in [1.82, 2.24) is 4.90 Å². The fraction of sp³-hybridized carbons (Fsp3) is 0.333. The van der Waals surface area contributed by atoms with Gasteiger partial charge in [0.2, 0.25) is 0 Å². The summed E-state index contributed by atoms with van der Waals surface area (Å²) in [7, 11) is 2.25. The molecule has 0 unspecified atom stereocenters. The Morgan fingerprint density at radius 3 is 2.20 bits per heavy atom. The second-order valence-electron chi connectivity index (χ2n) is 5.94. The predicted molar refractivity (Wildman–Crippen MR) is 84.6 cm³/mol. The zero-order valence-corrected chi connectivity index (χ0v) is 12.6. The Morgan fingerprint density at radius 2 is 1.50 bits per heavy atom. The predicted octanol–water partition coefficient (Wildman–Crippen LogP) is 4.35. The van der Waals surface area contributed by atoms with Gasteiger partial charge in [-0.1, -0.05) is 48.2 Å². The number of hydrogen-bond acceptors (Lipinski definition) is 2.